The molecule has 38 heavy (non-hydrogen) atoms. The molecule has 6 nitrogen and oxygen atoms in total. The number of carbonyl (C=O) groups excluding carboxylic acids is 4. The second kappa shape index (κ2) is 20.7. The van der Waals surface area contributed by atoms with Crippen molar-refractivity contribution in [3.63, 3.8) is 0 Å². The normalized spacial score (nSPS) is 10.4. The van der Waals surface area contributed by atoms with Crippen molar-refractivity contribution in [3.05, 3.63) is 95.6 Å². The Balaban J connectivity index is 0.000000757. The molecule has 3 aromatic rings. The molecule has 0 aromatic heterocycles. The molecular weight excluding hydrogens is 591 g/mol. The predicted octanol–water partition coefficient (Wildman–Crippen LogP) is 6.76. The van der Waals surface area contributed by atoms with Crippen LogP contribution in [0.3, 0.4) is 0 Å². The molecule has 0 bridgehead atoms. The number of aldehydes is 1. The van der Waals surface area contributed by atoms with Gasteiger partial charge in [0.05, 0.1) is 6.04 Å². The Labute approximate surface area is 240 Å². The molecule has 0 fully saturated rings. The summed E-state index contributed by atoms with van der Waals surface area (Å²) in [6.07, 6.45) is 5.01. The Kier molecular flexibility index (Phi) is 18.9. The summed E-state index contributed by atoms with van der Waals surface area (Å²) in [5.74, 6) is 0.115. The number of likely N-dealkylation sites (N-methyl/N-ethyl adjacent to an activating group) is 1. The number of hydrogen-bond acceptors (Lipinski definition) is 4. The summed E-state index contributed by atoms with van der Waals surface area (Å²) in [6, 6.07) is 22.2. The van der Waals surface area contributed by atoms with Gasteiger partial charge in [0, 0.05) is 17.0 Å². The van der Waals surface area contributed by atoms with Crippen molar-refractivity contribution < 1.29 is 19.2 Å². The van der Waals surface area contributed by atoms with Crippen LogP contribution in [0.4, 0.5) is 0 Å². The third-order valence-electron chi connectivity index (χ3n) is 4.79. The van der Waals surface area contributed by atoms with Gasteiger partial charge in [-0.3, -0.25) is 9.59 Å². The number of halogens is 1. The Morgan fingerprint density at radius 1 is 0.947 bits per heavy atom. The number of carbonyl (C=O) groups is 4. The summed E-state index contributed by atoms with van der Waals surface area (Å²) in [5, 5.41) is 7.99. The Morgan fingerprint density at radius 3 is 2.08 bits per heavy atom. The van der Waals surface area contributed by atoms with Crippen molar-refractivity contribution in [2.45, 2.75) is 51.5 Å². The van der Waals surface area contributed by atoms with Crippen molar-refractivity contribution in [1.82, 2.24) is 10.6 Å². The summed E-state index contributed by atoms with van der Waals surface area (Å²) in [6.45, 7) is 8.52. The monoisotopic (exact) mass is 630 g/mol. The minimum absolute atomic E-state index is 0.0160. The zero-order chi connectivity index (χ0) is 28.9. The molecule has 0 heterocycles. The van der Waals surface area contributed by atoms with Gasteiger partial charge in [0.25, 0.3) is 5.91 Å². The first kappa shape index (κ1) is 34.7. The van der Waals surface area contributed by atoms with Crippen LogP contribution in [0.15, 0.2) is 78.9 Å². The molecule has 0 aliphatic heterocycles. The topological polar surface area (TPSA) is 92.3 Å². The third-order valence-corrected chi connectivity index (χ3v) is 5.62. The lowest BCUT2D eigenvalue weighted by atomic mass is 9.99. The standard InChI is InChI=1S/C20H18INO.C6H11NO.C3H6O.C2H4O/c1-14(17-12-6-9-15-7-2-4-10-18(15)17)22-20(23)19-11-5-3-8-16(19)13-21;1-3-4-5-6(8)7-2;1-3(2)4;1-2-3/h2-12,14H,13H2,1H3,(H,22,23);4-5H,3H2,1-2H3,(H,7,8);1-2H3;2H,1H3/b;5-4+;;. The molecule has 0 saturated carbocycles. The molecule has 2 N–H and O–H groups in total. The minimum Gasteiger partial charge on any atom is -0.356 e. The van der Waals surface area contributed by atoms with Gasteiger partial charge in [-0.25, -0.2) is 0 Å². The van der Waals surface area contributed by atoms with Gasteiger partial charge >= 0.3 is 0 Å². The van der Waals surface area contributed by atoms with E-state index in [1.54, 1.807) is 7.05 Å². The SMILES string of the molecule is CC(C)=O.CC(NC(=O)c1ccccc1CI)c1cccc2ccccc12.CC/C=C/C(=O)NC.CC=O. The lowest BCUT2D eigenvalue weighted by molar-refractivity contribution is -0.116. The molecule has 0 aliphatic carbocycles. The van der Waals surface area contributed by atoms with Crippen molar-refractivity contribution in [3.8, 4) is 0 Å². The van der Waals surface area contributed by atoms with Crippen molar-refractivity contribution in [2.24, 2.45) is 0 Å². The maximum atomic E-state index is 12.6. The van der Waals surface area contributed by atoms with E-state index in [4.69, 9.17) is 4.79 Å². The van der Waals surface area contributed by atoms with Crippen LogP contribution in [-0.4, -0.2) is 30.9 Å². The predicted molar refractivity (Wildman–Crippen MR) is 166 cm³/mol. The smallest absolute Gasteiger partial charge is 0.252 e. The fourth-order valence-corrected chi connectivity index (χ4v) is 3.81. The summed E-state index contributed by atoms with van der Waals surface area (Å²) in [4.78, 5) is 41.3. The van der Waals surface area contributed by atoms with Crippen LogP contribution in [0.5, 0.6) is 0 Å². The van der Waals surface area contributed by atoms with Gasteiger partial charge < -0.3 is 20.2 Å². The van der Waals surface area contributed by atoms with E-state index in [1.807, 2.05) is 62.4 Å². The van der Waals surface area contributed by atoms with Gasteiger partial charge in [0.15, 0.2) is 0 Å². The van der Waals surface area contributed by atoms with Gasteiger partial charge in [-0.15, -0.1) is 0 Å². The molecule has 1 atom stereocenters. The number of fused-ring (bicyclic) bond motifs is 1. The van der Waals surface area contributed by atoms with Gasteiger partial charge in [-0.1, -0.05) is 96.3 Å². The van der Waals surface area contributed by atoms with Crippen molar-refractivity contribution in [2.75, 3.05) is 7.05 Å². The van der Waals surface area contributed by atoms with Gasteiger partial charge in [0.2, 0.25) is 5.91 Å². The second-order valence-electron chi connectivity index (χ2n) is 8.12. The Hall–Kier alpha value is -3.33. The third kappa shape index (κ3) is 13.8. The summed E-state index contributed by atoms with van der Waals surface area (Å²) in [5.41, 5.74) is 2.97. The van der Waals surface area contributed by atoms with E-state index in [0.29, 0.717) is 0 Å². The van der Waals surface area contributed by atoms with E-state index in [2.05, 4.69) is 57.5 Å². The van der Waals surface area contributed by atoms with E-state index in [0.717, 1.165) is 33.8 Å². The van der Waals surface area contributed by atoms with Crippen LogP contribution in [-0.2, 0) is 18.8 Å². The first-order chi connectivity index (χ1) is 18.2. The number of Topliss-reactive ketones (excluding diaryl/α,β-unsaturated/α-hetero) is 1. The fourth-order valence-electron chi connectivity index (χ4n) is 3.15. The van der Waals surface area contributed by atoms with Crippen LogP contribution in [0.1, 0.15) is 68.6 Å². The van der Waals surface area contributed by atoms with Gasteiger partial charge in [0.1, 0.15) is 12.1 Å². The maximum Gasteiger partial charge on any atom is 0.252 e. The number of benzene rings is 3. The molecule has 0 spiro atoms. The van der Waals surface area contributed by atoms with E-state index in [-0.39, 0.29) is 23.6 Å². The minimum atomic E-state index is -0.0455. The average molecular weight is 631 g/mol. The van der Waals surface area contributed by atoms with E-state index in [1.165, 1.54) is 37.6 Å². The molecule has 2 amide bonds. The number of rotatable bonds is 6. The number of allylic oxidation sites excluding steroid dienone is 1. The molecule has 0 saturated heterocycles. The van der Waals surface area contributed by atoms with E-state index >= 15 is 0 Å². The largest absolute Gasteiger partial charge is 0.356 e. The number of ketones is 1. The molecule has 3 aromatic carbocycles. The Morgan fingerprint density at radius 2 is 1.50 bits per heavy atom. The first-order valence-electron chi connectivity index (χ1n) is 12.3. The lowest BCUT2D eigenvalue weighted by Gasteiger charge is -2.17. The number of amides is 2. The van der Waals surface area contributed by atoms with E-state index in [9.17, 15) is 14.4 Å². The quantitative estimate of drug-likeness (QED) is 0.136. The van der Waals surface area contributed by atoms with Crippen LogP contribution < -0.4 is 10.6 Å². The van der Waals surface area contributed by atoms with Gasteiger partial charge in [-0.2, -0.15) is 0 Å². The number of nitrogens with one attached hydrogen (secondary N) is 2. The summed E-state index contributed by atoms with van der Waals surface area (Å²) >= 11 is 2.29. The molecule has 0 aliphatic rings. The lowest BCUT2D eigenvalue weighted by Crippen LogP contribution is -2.27. The van der Waals surface area contributed by atoms with E-state index < -0.39 is 0 Å². The van der Waals surface area contributed by atoms with Crippen LogP contribution in [0.2, 0.25) is 0 Å². The molecule has 1 unspecified atom stereocenters. The highest BCUT2D eigenvalue weighted by Crippen LogP contribution is 2.24. The zero-order valence-corrected chi connectivity index (χ0v) is 25.2. The highest BCUT2D eigenvalue weighted by atomic mass is 127. The molecule has 0 radical (unpaired) electrons. The Bertz CT molecular complexity index is 1180. The number of hydrogen-bond donors (Lipinski definition) is 2. The highest BCUT2D eigenvalue weighted by molar-refractivity contribution is 14.1. The van der Waals surface area contributed by atoms with Crippen LogP contribution in [0, 0.1) is 0 Å². The number of alkyl halides is 1. The van der Waals surface area contributed by atoms with Gasteiger partial charge in [-0.05, 0) is 68.2 Å². The second-order valence-corrected chi connectivity index (χ2v) is 8.89. The highest BCUT2D eigenvalue weighted by Gasteiger charge is 2.15. The molecule has 204 valence electrons. The fraction of sp³-hybridized carbons (Fsp3) is 0.290. The first-order valence-corrected chi connectivity index (χ1v) is 13.9. The molecule has 7 heteroatoms. The van der Waals surface area contributed by atoms with Crippen molar-refractivity contribution >= 4 is 57.2 Å². The summed E-state index contributed by atoms with van der Waals surface area (Å²) in [7, 11) is 1.61. The average Bonchev–Trinajstić information content (AvgIpc) is 2.91. The molecule has 3 rings (SSSR count). The summed E-state index contributed by atoms with van der Waals surface area (Å²) < 4.78 is 0.823. The maximum absolute atomic E-state index is 12.6. The zero-order valence-electron chi connectivity index (χ0n) is 23.1. The van der Waals surface area contributed by atoms with Crippen LogP contribution >= 0.6 is 22.6 Å². The van der Waals surface area contributed by atoms with Crippen molar-refractivity contribution in [1.29, 1.82) is 0 Å². The van der Waals surface area contributed by atoms with Crippen LogP contribution in [0.25, 0.3) is 10.8 Å². The molecular formula is C31H39IN2O4.